The molecule has 1 unspecified atom stereocenters. The number of benzene rings is 2. The van der Waals surface area contributed by atoms with Crippen molar-refractivity contribution in [3.05, 3.63) is 54.1 Å². The van der Waals surface area contributed by atoms with E-state index in [2.05, 4.69) is 31.4 Å². The Morgan fingerprint density at radius 1 is 1.00 bits per heavy atom. The third-order valence-corrected chi connectivity index (χ3v) is 4.99. The number of hydrogen-bond donors (Lipinski definition) is 2. The van der Waals surface area contributed by atoms with Crippen LogP contribution in [0, 0.1) is 5.92 Å². The number of amides is 3. The first-order valence-corrected chi connectivity index (χ1v) is 9.73. The molecule has 2 aromatic carbocycles. The fourth-order valence-electron chi connectivity index (χ4n) is 3.54. The van der Waals surface area contributed by atoms with Crippen molar-refractivity contribution in [2.24, 2.45) is 5.92 Å². The Labute approximate surface area is 171 Å². The van der Waals surface area contributed by atoms with Gasteiger partial charge in [0, 0.05) is 37.0 Å². The summed E-state index contributed by atoms with van der Waals surface area (Å²) in [5.74, 6) is -0.790. The Balaban J connectivity index is 1.70. The zero-order valence-corrected chi connectivity index (χ0v) is 17.3. The van der Waals surface area contributed by atoms with Gasteiger partial charge in [-0.05, 0) is 41.3 Å². The maximum absolute atomic E-state index is 12.9. The number of hydrogen-bond acceptors (Lipinski definition) is 3. The van der Waals surface area contributed by atoms with Crippen LogP contribution in [0.25, 0.3) is 0 Å². The molecule has 1 atom stereocenters. The highest BCUT2D eigenvalue weighted by atomic mass is 16.2. The summed E-state index contributed by atoms with van der Waals surface area (Å²) < 4.78 is 0. The molecule has 2 aromatic rings. The molecule has 0 aromatic heterocycles. The van der Waals surface area contributed by atoms with Gasteiger partial charge in [0.15, 0.2) is 0 Å². The molecule has 6 nitrogen and oxygen atoms in total. The van der Waals surface area contributed by atoms with Crippen LogP contribution in [0.2, 0.25) is 0 Å². The molecule has 3 amide bonds. The van der Waals surface area contributed by atoms with E-state index in [1.54, 1.807) is 29.2 Å². The third kappa shape index (κ3) is 4.83. The quantitative estimate of drug-likeness (QED) is 0.826. The molecule has 2 N–H and O–H groups in total. The van der Waals surface area contributed by atoms with Crippen molar-refractivity contribution in [3.8, 4) is 0 Å². The first-order valence-electron chi connectivity index (χ1n) is 9.73. The van der Waals surface area contributed by atoms with E-state index in [9.17, 15) is 14.4 Å². The van der Waals surface area contributed by atoms with Crippen molar-refractivity contribution in [2.75, 3.05) is 22.1 Å². The van der Waals surface area contributed by atoms with Gasteiger partial charge in [0.2, 0.25) is 17.7 Å². The number of nitrogens with zero attached hydrogens (tertiary/aromatic N) is 1. The lowest BCUT2D eigenvalue weighted by Gasteiger charge is -2.23. The van der Waals surface area contributed by atoms with E-state index in [4.69, 9.17) is 0 Å². The van der Waals surface area contributed by atoms with Gasteiger partial charge in [-0.1, -0.05) is 39.0 Å². The fraction of sp³-hybridized carbons (Fsp3) is 0.348. The zero-order chi connectivity index (χ0) is 21.2. The van der Waals surface area contributed by atoms with Crippen molar-refractivity contribution in [1.29, 1.82) is 0 Å². The summed E-state index contributed by atoms with van der Waals surface area (Å²) in [6.45, 7) is 8.08. The van der Waals surface area contributed by atoms with Crippen LogP contribution in [-0.2, 0) is 19.8 Å². The Bertz CT molecular complexity index is 929. The largest absolute Gasteiger partial charge is 0.326 e. The Hall–Kier alpha value is -3.15. The van der Waals surface area contributed by atoms with Crippen molar-refractivity contribution >= 4 is 34.8 Å². The molecule has 1 aliphatic heterocycles. The molecule has 1 fully saturated rings. The van der Waals surface area contributed by atoms with E-state index in [-0.39, 0.29) is 29.6 Å². The summed E-state index contributed by atoms with van der Waals surface area (Å²) in [5.41, 5.74) is 3.13. The summed E-state index contributed by atoms with van der Waals surface area (Å²) in [6, 6.07) is 14.8. The minimum Gasteiger partial charge on any atom is -0.326 e. The van der Waals surface area contributed by atoms with E-state index < -0.39 is 5.92 Å². The highest BCUT2D eigenvalue weighted by molar-refractivity contribution is 6.04. The van der Waals surface area contributed by atoms with Gasteiger partial charge in [-0.2, -0.15) is 0 Å². The van der Waals surface area contributed by atoms with Crippen molar-refractivity contribution < 1.29 is 14.4 Å². The second-order valence-corrected chi connectivity index (χ2v) is 8.42. The first-order chi connectivity index (χ1) is 13.6. The van der Waals surface area contributed by atoms with Gasteiger partial charge in [0.05, 0.1) is 5.92 Å². The lowest BCUT2D eigenvalue weighted by atomic mass is 9.85. The fourth-order valence-corrected chi connectivity index (χ4v) is 3.54. The van der Waals surface area contributed by atoms with Crippen LogP contribution in [0.1, 0.15) is 39.7 Å². The van der Waals surface area contributed by atoms with Gasteiger partial charge >= 0.3 is 0 Å². The van der Waals surface area contributed by atoms with Gasteiger partial charge < -0.3 is 15.5 Å². The molecule has 0 spiro atoms. The molecule has 0 bridgehead atoms. The van der Waals surface area contributed by atoms with E-state index in [1.807, 2.05) is 24.3 Å². The van der Waals surface area contributed by atoms with Crippen molar-refractivity contribution in [1.82, 2.24) is 0 Å². The Morgan fingerprint density at radius 3 is 2.28 bits per heavy atom. The SMILES string of the molecule is CC(=O)Nc1ccc(N2CC(C(=O)Nc3ccccc3C(C)(C)C)CC2=O)cc1. The van der Waals surface area contributed by atoms with Gasteiger partial charge in [0.1, 0.15) is 0 Å². The van der Waals surface area contributed by atoms with E-state index in [1.165, 1.54) is 6.92 Å². The summed E-state index contributed by atoms with van der Waals surface area (Å²) in [4.78, 5) is 38.1. The predicted octanol–water partition coefficient (Wildman–Crippen LogP) is 3.93. The number of carbonyl (C=O) groups excluding carboxylic acids is 3. The molecule has 6 heteroatoms. The van der Waals surface area contributed by atoms with Crippen molar-refractivity contribution in [3.63, 3.8) is 0 Å². The minimum atomic E-state index is -0.412. The normalized spacial score (nSPS) is 16.6. The van der Waals surface area contributed by atoms with Gasteiger partial charge in [-0.3, -0.25) is 14.4 Å². The highest BCUT2D eigenvalue weighted by Gasteiger charge is 2.35. The molecule has 0 radical (unpaired) electrons. The zero-order valence-electron chi connectivity index (χ0n) is 17.3. The molecule has 29 heavy (non-hydrogen) atoms. The average Bonchev–Trinajstić information content (AvgIpc) is 3.03. The molecule has 0 aliphatic carbocycles. The Morgan fingerprint density at radius 2 is 1.66 bits per heavy atom. The smallest absolute Gasteiger partial charge is 0.229 e. The molecule has 3 rings (SSSR count). The molecule has 0 saturated carbocycles. The second kappa shape index (κ2) is 8.07. The average molecular weight is 393 g/mol. The van der Waals surface area contributed by atoms with Gasteiger partial charge in [-0.15, -0.1) is 0 Å². The van der Waals surface area contributed by atoms with E-state index >= 15 is 0 Å². The molecular weight excluding hydrogens is 366 g/mol. The summed E-state index contributed by atoms with van der Waals surface area (Å²) in [7, 11) is 0. The third-order valence-electron chi connectivity index (χ3n) is 4.99. The predicted molar refractivity (Wildman–Crippen MR) is 115 cm³/mol. The number of nitrogens with one attached hydrogen (secondary N) is 2. The van der Waals surface area contributed by atoms with Crippen LogP contribution in [0.4, 0.5) is 17.1 Å². The maximum atomic E-state index is 12.9. The minimum absolute atomic E-state index is 0.0819. The highest BCUT2D eigenvalue weighted by Crippen LogP contribution is 2.31. The molecule has 1 saturated heterocycles. The van der Waals surface area contributed by atoms with Crippen LogP contribution in [-0.4, -0.2) is 24.3 Å². The van der Waals surface area contributed by atoms with Gasteiger partial charge in [-0.25, -0.2) is 0 Å². The summed E-state index contributed by atoms with van der Waals surface area (Å²) >= 11 is 0. The van der Waals surface area contributed by atoms with Crippen LogP contribution in [0.3, 0.4) is 0 Å². The monoisotopic (exact) mass is 393 g/mol. The number of anilines is 3. The standard InChI is InChI=1S/C23H27N3O3/c1-15(27)24-17-9-11-18(12-10-17)26-14-16(13-21(26)28)22(29)25-20-8-6-5-7-19(20)23(2,3)4/h5-12,16H,13-14H2,1-4H3,(H,24,27)(H,25,29). The first kappa shape index (κ1) is 20.6. The lowest BCUT2D eigenvalue weighted by molar-refractivity contribution is -0.122. The number of para-hydroxylation sites is 1. The summed E-state index contributed by atoms with van der Waals surface area (Å²) in [6.07, 6.45) is 0.178. The number of rotatable bonds is 4. The van der Waals surface area contributed by atoms with Crippen LogP contribution in [0.5, 0.6) is 0 Å². The lowest BCUT2D eigenvalue weighted by Crippen LogP contribution is -2.28. The molecular formula is C23H27N3O3. The number of carbonyl (C=O) groups is 3. The second-order valence-electron chi connectivity index (χ2n) is 8.42. The van der Waals surface area contributed by atoms with Crippen LogP contribution < -0.4 is 15.5 Å². The molecule has 1 heterocycles. The maximum Gasteiger partial charge on any atom is 0.229 e. The topological polar surface area (TPSA) is 78.5 Å². The van der Waals surface area contributed by atoms with Crippen LogP contribution >= 0.6 is 0 Å². The summed E-state index contributed by atoms with van der Waals surface area (Å²) in [5, 5.41) is 5.72. The van der Waals surface area contributed by atoms with Crippen LogP contribution in [0.15, 0.2) is 48.5 Å². The van der Waals surface area contributed by atoms with Gasteiger partial charge in [0.25, 0.3) is 0 Å². The molecule has 1 aliphatic rings. The Kier molecular flexibility index (Phi) is 5.73. The van der Waals surface area contributed by atoms with Crippen molar-refractivity contribution in [2.45, 2.75) is 39.5 Å². The molecule has 152 valence electrons. The van der Waals surface area contributed by atoms with E-state index in [0.29, 0.717) is 12.2 Å². The van der Waals surface area contributed by atoms with E-state index in [0.717, 1.165) is 16.9 Å².